The molecule has 1 saturated heterocycles. The summed E-state index contributed by atoms with van der Waals surface area (Å²) in [7, 11) is 3.18. The maximum atomic E-state index is 12.5. The fraction of sp³-hybridized carbons (Fsp3) is 0.167. The van der Waals surface area contributed by atoms with Gasteiger partial charge >= 0.3 is 0 Å². The van der Waals surface area contributed by atoms with E-state index in [1.165, 1.54) is 0 Å². The third kappa shape index (κ3) is 4.51. The van der Waals surface area contributed by atoms with Gasteiger partial charge in [-0.15, -0.1) is 11.8 Å². The van der Waals surface area contributed by atoms with Crippen LogP contribution in [0.15, 0.2) is 72.8 Å². The first kappa shape index (κ1) is 20.8. The lowest BCUT2D eigenvalue weighted by atomic mass is 10.1. The van der Waals surface area contributed by atoms with E-state index in [0.717, 1.165) is 17.0 Å². The molecule has 0 aromatic heterocycles. The molecule has 4 rings (SSSR count). The molecule has 0 unspecified atom stereocenters. The molecule has 0 saturated carbocycles. The Morgan fingerprint density at radius 2 is 1.68 bits per heavy atom. The Morgan fingerprint density at radius 1 is 0.968 bits per heavy atom. The van der Waals surface area contributed by atoms with Gasteiger partial charge in [-0.1, -0.05) is 18.2 Å². The van der Waals surface area contributed by atoms with Gasteiger partial charge in [0.2, 0.25) is 5.91 Å². The summed E-state index contributed by atoms with van der Waals surface area (Å²) in [6.07, 6.45) is 0. The number of ether oxygens (including phenoxy) is 2. The molecule has 1 fully saturated rings. The number of rotatable bonds is 6. The van der Waals surface area contributed by atoms with Gasteiger partial charge in [-0.2, -0.15) is 0 Å². The molecule has 1 aliphatic heterocycles. The molecule has 0 spiro atoms. The van der Waals surface area contributed by atoms with Crippen molar-refractivity contribution in [3.63, 3.8) is 0 Å². The molecule has 1 atom stereocenters. The number of benzene rings is 3. The van der Waals surface area contributed by atoms with E-state index in [4.69, 9.17) is 9.47 Å². The molecule has 6 nitrogen and oxygen atoms in total. The lowest BCUT2D eigenvalue weighted by Gasteiger charge is -2.24. The van der Waals surface area contributed by atoms with Gasteiger partial charge in [0.15, 0.2) is 0 Å². The van der Waals surface area contributed by atoms with E-state index in [1.54, 1.807) is 55.1 Å². The fourth-order valence-corrected chi connectivity index (χ4v) is 4.57. The second-order valence-corrected chi connectivity index (χ2v) is 8.00. The van der Waals surface area contributed by atoms with Crippen LogP contribution < -0.4 is 19.7 Å². The smallest absolute Gasteiger partial charge is 0.255 e. The molecule has 0 bridgehead atoms. The first-order valence-corrected chi connectivity index (χ1v) is 10.8. The van der Waals surface area contributed by atoms with Crippen molar-refractivity contribution in [3.8, 4) is 11.5 Å². The summed E-state index contributed by atoms with van der Waals surface area (Å²) in [5.41, 5.74) is 3.02. The predicted octanol–water partition coefficient (Wildman–Crippen LogP) is 4.73. The summed E-state index contributed by atoms with van der Waals surface area (Å²) in [6.45, 7) is 0. The zero-order chi connectivity index (χ0) is 21.8. The highest BCUT2D eigenvalue weighted by Crippen LogP contribution is 2.42. The van der Waals surface area contributed by atoms with Crippen LogP contribution in [0.3, 0.4) is 0 Å². The van der Waals surface area contributed by atoms with Crippen molar-refractivity contribution < 1.29 is 19.1 Å². The van der Waals surface area contributed by atoms with Crippen LogP contribution in [0, 0.1) is 0 Å². The van der Waals surface area contributed by atoms with E-state index in [1.807, 2.05) is 48.5 Å². The lowest BCUT2D eigenvalue weighted by molar-refractivity contribution is -0.115. The summed E-state index contributed by atoms with van der Waals surface area (Å²) < 4.78 is 10.4. The number of nitrogens with one attached hydrogen (secondary N) is 1. The fourth-order valence-electron chi connectivity index (χ4n) is 3.39. The summed E-state index contributed by atoms with van der Waals surface area (Å²) in [6, 6.07) is 22.0. The molecule has 1 N–H and O–H groups in total. The highest BCUT2D eigenvalue weighted by molar-refractivity contribution is 8.00. The maximum Gasteiger partial charge on any atom is 0.255 e. The summed E-state index contributed by atoms with van der Waals surface area (Å²) >= 11 is 1.58. The number of thioether (sulfide) groups is 1. The van der Waals surface area contributed by atoms with Gasteiger partial charge in [-0.25, -0.2) is 0 Å². The third-order valence-corrected chi connectivity index (χ3v) is 6.22. The topological polar surface area (TPSA) is 67.9 Å². The summed E-state index contributed by atoms with van der Waals surface area (Å²) in [4.78, 5) is 26.9. The Hall–Kier alpha value is -3.45. The average molecular weight is 435 g/mol. The minimum Gasteiger partial charge on any atom is -0.497 e. The van der Waals surface area contributed by atoms with Gasteiger partial charge in [-0.05, 0) is 60.2 Å². The van der Waals surface area contributed by atoms with Gasteiger partial charge in [0.05, 0.1) is 20.0 Å². The number of carbonyl (C=O) groups excluding carboxylic acids is 2. The third-order valence-electron chi connectivity index (χ3n) is 5.00. The van der Waals surface area contributed by atoms with Crippen LogP contribution in [0.1, 0.15) is 21.3 Å². The van der Waals surface area contributed by atoms with E-state index in [2.05, 4.69) is 5.32 Å². The van der Waals surface area contributed by atoms with Crippen molar-refractivity contribution in [1.82, 2.24) is 0 Å². The highest BCUT2D eigenvalue weighted by Gasteiger charge is 2.34. The molecule has 7 heteroatoms. The Labute approximate surface area is 185 Å². The van der Waals surface area contributed by atoms with Crippen LogP contribution in [-0.4, -0.2) is 31.8 Å². The maximum absolute atomic E-state index is 12.5. The van der Waals surface area contributed by atoms with E-state index in [9.17, 15) is 9.59 Å². The Bertz CT molecular complexity index is 1080. The molecule has 0 aliphatic carbocycles. The molecule has 1 heterocycles. The van der Waals surface area contributed by atoms with Gasteiger partial charge in [0, 0.05) is 16.9 Å². The van der Waals surface area contributed by atoms with Gasteiger partial charge < -0.3 is 14.8 Å². The Morgan fingerprint density at radius 3 is 2.35 bits per heavy atom. The van der Waals surface area contributed by atoms with Gasteiger partial charge in [-0.3, -0.25) is 14.5 Å². The second kappa shape index (κ2) is 9.14. The van der Waals surface area contributed by atoms with E-state index in [-0.39, 0.29) is 17.2 Å². The van der Waals surface area contributed by atoms with E-state index < -0.39 is 0 Å². The zero-order valence-corrected chi connectivity index (χ0v) is 18.0. The molecule has 158 valence electrons. The van der Waals surface area contributed by atoms with Crippen molar-refractivity contribution in [2.24, 2.45) is 0 Å². The van der Waals surface area contributed by atoms with Crippen LogP contribution in [0.2, 0.25) is 0 Å². The normalized spacial score (nSPS) is 15.6. The highest BCUT2D eigenvalue weighted by atomic mass is 32.2. The number of carbonyl (C=O) groups is 2. The van der Waals surface area contributed by atoms with E-state index in [0.29, 0.717) is 22.8 Å². The molecule has 2 amide bonds. The number of amides is 2. The molecular weight excluding hydrogens is 412 g/mol. The summed E-state index contributed by atoms with van der Waals surface area (Å²) in [5, 5.41) is 2.77. The quantitative estimate of drug-likeness (QED) is 0.607. The van der Waals surface area contributed by atoms with Crippen LogP contribution in [0.5, 0.6) is 11.5 Å². The van der Waals surface area contributed by atoms with Crippen molar-refractivity contribution in [1.29, 1.82) is 0 Å². The first-order valence-electron chi connectivity index (χ1n) is 9.72. The van der Waals surface area contributed by atoms with Crippen LogP contribution in [-0.2, 0) is 4.79 Å². The summed E-state index contributed by atoms with van der Waals surface area (Å²) in [5.74, 6) is 1.65. The molecule has 3 aromatic rings. The number of hydrogen-bond donors (Lipinski definition) is 1. The van der Waals surface area contributed by atoms with Crippen molar-refractivity contribution >= 4 is 35.0 Å². The minimum atomic E-state index is -0.211. The monoisotopic (exact) mass is 434 g/mol. The van der Waals surface area contributed by atoms with Gasteiger partial charge in [0.1, 0.15) is 16.9 Å². The van der Waals surface area contributed by atoms with Crippen molar-refractivity contribution in [3.05, 3.63) is 83.9 Å². The van der Waals surface area contributed by atoms with E-state index >= 15 is 0 Å². The Balaban J connectivity index is 1.50. The van der Waals surface area contributed by atoms with Crippen molar-refractivity contribution in [2.45, 2.75) is 5.37 Å². The lowest BCUT2D eigenvalue weighted by Crippen LogP contribution is -2.27. The molecule has 31 heavy (non-hydrogen) atoms. The van der Waals surface area contributed by atoms with Crippen LogP contribution in [0.25, 0.3) is 0 Å². The predicted molar refractivity (Wildman–Crippen MR) is 123 cm³/mol. The van der Waals surface area contributed by atoms with Crippen LogP contribution >= 0.6 is 11.8 Å². The second-order valence-electron chi connectivity index (χ2n) is 6.93. The number of hydrogen-bond acceptors (Lipinski definition) is 5. The number of methoxy groups -OCH3 is 2. The zero-order valence-electron chi connectivity index (χ0n) is 17.2. The molecular formula is C24H22N2O4S. The molecule has 0 radical (unpaired) electrons. The minimum absolute atomic E-state index is 0.0653. The molecule has 3 aromatic carbocycles. The SMILES string of the molecule is COc1ccc(N2C(=O)CS[C@H]2c2ccc(NC(=O)c3cccc(OC)c3)cc2)cc1. The van der Waals surface area contributed by atoms with Gasteiger partial charge in [0.25, 0.3) is 5.91 Å². The van der Waals surface area contributed by atoms with Crippen LogP contribution in [0.4, 0.5) is 11.4 Å². The van der Waals surface area contributed by atoms with Crippen molar-refractivity contribution in [2.75, 3.05) is 30.2 Å². The number of nitrogens with zero attached hydrogens (tertiary/aromatic N) is 1. The first-order chi connectivity index (χ1) is 15.1. The average Bonchev–Trinajstić information content (AvgIpc) is 3.21. The number of anilines is 2. The largest absolute Gasteiger partial charge is 0.497 e. The standard InChI is InChI=1S/C24H22N2O4S/c1-29-20-12-10-19(11-13-20)26-22(27)15-31-24(26)16-6-8-18(9-7-16)25-23(28)17-4-3-5-21(14-17)30-2/h3-14,24H,15H2,1-2H3,(H,25,28)/t24-/m0/s1. The Kier molecular flexibility index (Phi) is 6.13. The molecule has 1 aliphatic rings.